The number of anilines is 1. The summed E-state index contributed by atoms with van der Waals surface area (Å²) >= 11 is 0. The normalized spacial score (nSPS) is 9.78. The number of hydrogen-bond acceptors (Lipinski definition) is 2. The molecule has 0 saturated carbocycles. The molecule has 1 aromatic rings. The first kappa shape index (κ1) is 14.4. The molecule has 0 fully saturated rings. The van der Waals surface area contributed by atoms with E-state index in [1.165, 1.54) is 11.3 Å². The molecular weight excluding hydrogens is 224 g/mol. The molecule has 0 bridgehead atoms. The van der Waals surface area contributed by atoms with E-state index in [9.17, 15) is 0 Å². The van der Waals surface area contributed by atoms with Gasteiger partial charge in [-0.05, 0) is 31.5 Å². The van der Waals surface area contributed by atoms with E-state index < -0.39 is 0 Å². The van der Waals surface area contributed by atoms with E-state index in [0.29, 0.717) is 6.54 Å². The van der Waals surface area contributed by atoms with E-state index >= 15 is 0 Å². The van der Waals surface area contributed by atoms with Gasteiger partial charge in [0, 0.05) is 32.9 Å². The molecule has 18 heavy (non-hydrogen) atoms. The molecule has 4 heteroatoms. The third-order valence-corrected chi connectivity index (χ3v) is 2.56. The molecule has 100 valence electrons. The van der Waals surface area contributed by atoms with Crippen LogP contribution in [-0.2, 0) is 6.54 Å². The van der Waals surface area contributed by atoms with E-state index in [4.69, 9.17) is 0 Å². The highest BCUT2D eigenvalue weighted by Crippen LogP contribution is 2.12. The number of rotatable bonds is 5. The van der Waals surface area contributed by atoms with Crippen LogP contribution < -0.4 is 15.5 Å². The summed E-state index contributed by atoms with van der Waals surface area (Å²) in [5.74, 6) is 0.872. The van der Waals surface area contributed by atoms with E-state index in [-0.39, 0.29) is 0 Å². The van der Waals surface area contributed by atoms with Gasteiger partial charge >= 0.3 is 0 Å². The van der Waals surface area contributed by atoms with Crippen molar-refractivity contribution in [2.45, 2.75) is 20.4 Å². The van der Waals surface area contributed by atoms with Gasteiger partial charge < -0.3 is 15.5 Å². The number of aliphatic imine (C=N–C) groups is 1. The second-order valence-electron chi connectivity index (χ2n) is 4.29. The maximum absolute atomic E-state index is 4.53. The summed E-state index contributed by atoms with van der Waals surface area (Å²) in [6.45, 7) is 6.59. The molecule has 0 saturated heterocycles. The second-order valence-corrected chi connectivity index (χ2v) is 4.29. The Labute approximate surface area is 110 Å². The number of nitrogens with one attached hydrogen (secondary N) is 2. The summed E-state index contributed by atoms with van der Waals surface area (Å²) in [5.41, 5.74) is 2.43. The van der Waals surface area contributed by atoms with Crippen molar-refractivity contribution in [2.24, 2.45) is 4.99 Å². The van der Waals surface area contributed by atoms with Gasteiger partial charge in [0.1, 0.15) is 0 Å². The van der Waals surface area contributed by atoms with E-state index in [0.717, 1.165) is 19.0 Å². The van der Waals surface area contributed by atoms with Crippen molar-refractivity contribution in [2.75, 3.05) is 32.1 Å². The van der Waals surface area contributed by atoms with Gasteiger partial charge in [0.25, 0.3) is 0 Å². The van der Waals surface area contributed by atoms with Gasteiger partial charge in [0.2, 0.25) is 0 Å². The zero-order valence-electron chi connectivity index (χ0n) is 11.8. The Morgan fingerprint density at radius 1 is 1.06 bits per heavy atom. The lowest BCUT2D eigenvalue weighted by Gasteiger charge is -2.12. The Morgan fingerprint density at radius 2 is 1.61 bits per heavy atom. The summed E-state index contributed by atoms with van der Waals surface area (Å²) < 4.78 is 0. The fraction of sp³-hybridized carbons (Fsp3) is 0.500. The van der Waals surface area contributed by atoms with Crippen LogP contribution in [0.25, 0.3) is 0 Å². The predicted molar refractivity (Wildman–Crippen MR) is 79.3 cm³/mol. The van der Waals surface area contributed by atoms with Crippen LogP contribution in [0.1, 0.15) is 19.4 Å². The van der Waals surface area contributed by atoms with Crippen molar-refractivity contribution in [1.29, 1.82) is 0 Å². The monoisotopic (exact) mass is 248 g/mol. The minimum Gasteiger partial charge on any atom is -0.378 e. The molecule has 1 aromatic carbocycles. The molecule has 1 rings (SSSR count). The average Bonchev–Trinajstić information content (AvgIpc) is 2.37. The first-order chi connectivity index (χ1) is 8.67. The second kappa shape index (κ2) is 7.58. The van der Waals surface area contributed by atoms with Gasteiger partial charge in [-0.2, -0.15) is 0 Å². The maximum atomic E-state index is 4.53. The van der Waals surface area contributed by atoms with Gasteiger partial charge in [0.15, 0.2) is 5.96 Å². The van der Waals surface area contributed by atoms with Crippen LogP contribution in [0.15, 0.2) is 29.3 Å². The van der Waals surface area contributed by atoms with Crippen molar-refractivity contribution >= 4 is 11.6 Å². The molecule has 0 aromatic heterocycles. The number of benzene rings is 1. The van der Waals surface area contributed by atoms with Crippen molar-refractivity contribution in [3.8, 4) is 0 Å². The van der Waals surface area contributed by atoms with Crippen LogP contribution in [0.4, 0.5) is 5.69 Å². The topological polar surface area (TPSA) is 39.7 Å². The van der Waals surface area contributed by atoms with Gasteiger partial charge in [-0.1, -0.05) is 12.1 Å². The summed E-state index contributed by atoms with van der Waals surface area (Å²) in [5, 5.41) is 6.43. The first-order valence-electron chi connectivity index (χ1n) is 6.45. The third kappa shape index (κ3) is 4.65. The molecule has 0 unspecified atom stereocenters. The third-order valence-electron chi connectivity index (χ3n) is 2.56. The molecule has 0 radical (unpaired) electrons. The Morgan fingerprint density at radius 3 is 2.06 bits per heavy atom. The zero-order valence-corrected chi connectivity index (χ0v) is 11.8. The standard InChI is InChI=1S/C14H24N4/c1-5-15-14(16-6-2)17-11-12-7-9-13(10-8-12)18(3)4/h7-10H,5-6,11H2,1-4H3,(H2,15,16,17). The smallest absolute Gasteiger partial charge is 0.191 e. The van der Waals surface area contributed by atoms with Crippen molar-refractivity contribution < 1.29 is 0 Å². The van der Waals surface area contributed by atoms with Gasteiger partial charge in [0.05, 0.1) is 6.54 Å². The number of guanidine groups is 1. The average molecular weight is 248 g/mol. The van der Waals surface area contributed by atoms with E-state index in [1.807, 2.05) is 14.1 Å². The largest absolute Gasteiger partial charge is 0.378 e. The first-order valence-corrected chi connectivity index (χ1v) is 6.45. The highest BCUT2D eigenvalue weighted by Gasteiger charge is 1.97. The molecule has 2 N–H and O–H groups in total. The summed E-state index contributed by atoms with van der Waals surface area (Å²) in [4.78, 5) is 6.62. The predicted octanol–water partition coefficient (Wildman–Crippen LogP) is 1.83. The SMILES string of the molecule is CCNC(=NCc1ccc(N(C)C)cc1)NCC. The van der Waals surface area contributed by atoms with Crippen molar-refractivity contribution in [3.05, 3.63) is 29.8 Å². The Bertz CT molecular complexity index is 360. The van der Waals surface area contributed by atoms with Crippen LogP contribution in [0, 0.1) is 0 Å². The van der Waals surface area contributed by atoms with Gasteiger partial charge in [-0.25, -0.2) is 4.99 Å². The summed E-state index contributed by atoms with van der Waals surface area (Å²) in [7, 11) is 4.09. The lowest BCUT2D eigenvalue weighted by atomic mass is 10.2. The van der Waals surface area contributed by atoms with Crippen molar-refractivity contribution in [3.63, 3.8) is 0 Å². The van der Waals surface area contributed by atoms with Crippen molar-refractivity contribution in [1.82, 2.24) is 10.6 Å². The Hall–Kier alpha value is -1.71. The van der Waals surface area contributed by atoms with Gasteiger partial charge in [-0.3, -0.25) is 0 Å². The van der Waals surface area contributed by atoms with E-state index in [2.05, 4.69) is 58.6 Å². The van der Waals surface area contributed by atoms with Crippen LogP contribution in [-0.4, -0.2) is 33.1 Å². The lowest BCUT2D eigenvalue weighted by Crippen LogP contribution is -2.36. The van der Waals surface area contributed by atoms with Crippen LogP contribution in [0.5, 0.6) is 0 Å². The lowest BCUT2D eigenvalue weighted by molar-refractivity contribution is 0.839. The molecule has 4 nitrogen and oxygen atoms in total. The molecule has 0 aliphatic carbocycles. The Balaban J connectivity index is 2.62. The fourth-order valence-electron chi connectivity index (χ4n) is 1.58. The fourth-order valence-corrected chi connectivity index (χ4v) is 1.58. The minimum absolute atomic E-state index is 0.697. The van der Waals surface area contributed by atoms with Crippen LogP contribution >= 0.6 is 0 Å². The van der Waals surface area contributed by atoms with Gasteiger partial charge in [-0.15, -0.1) is 0 Å². The highest BCUT2D eigenvalue weighted by molar-refractivity contribution is 5.79. The molecule has 0 aliphatic rings. The molecule has 0 spiro atoms. The Kier molecular flexibility index (Phi) is 6.05. The number of nitrogens with zero attached hydrogens (tertiary/aromatic N) is 2. The van der Waals surface area contributed by atoms with Crippen LogP contribution in [0.2, 0.25) is 0 Å². The molecule has 0 aliphatic heterocycles. The summed E-state index contributed by atoms with van der Waals surface area (Å²) in [6, 6.07) is 8.47. The van der Waals surface area contributed by atoms with Crippen LogP contribution in [0.3, 0.4) is 0 Å². The zero-order chi connectivity index (χ0) is 13.4. The summed E-state index contributed by atoms with van der Waals surface area (Å²) in [6.07, 6.45) is 0. The minimum atomic E-state index is 0.697. The maximum Gasteiger partial charge on any atom is 0.191 e. The molecular formula is C14H24N4. The number of hydrogen-bond donors (Lipinski definition) is 2. The molecule has 0 atom stereocenters. The quantitative estimate of drug-likeness (QED) is 0.617. The highest BCUT2D eigenvalue weighted by atomic mass is 15.2. The van der Waals surface area contributed by atoms with E-state index in [1.54, 1.807) is 0 Å². The molecule has 0 amide bonds. The molecule has 0 heterocycles.